The van der Waals surface area contributed by atoms with Crippen LogP contribution in [0.4, 0.5) is 0 Å². The summed E-state index contributed by atoms with van der Waals surface area (Å²) < 4.78 is 10.9. The predicted molar refractivity (Wildman–Crippen MR) is 48.8 cm³/mol. The number of rotatable bonds is 1. The van der Waals surface area contributed by atoms with Crippen molar-refractivity contribution in [3.05, 3.63) is 0 Å². The molecule has 5 heteroatoms. The molecule has 0 radical (unpaired) electrons. The third-order valence-corrected chi connectivity index (χ3v) is 6.05. The molecule has 1 heterocycles. The molecule has 64 valence electrons. The summed E-state index contributed by atoms with van der Waals surface area (Å²) in [7, 11) is -0.884. The van der Waals surface area contributed by atoms with Crippen molar-refractivity contribution in [3.63, 3.8) is 0 Å². The summed E-state index contributed by atoms with van der Waals surface area (Å²) in [6.45, 7) is 3.56. The van der Waals surface area contributed by atoms with Crippen LogP contribution < -0.4 is 0 Å². The van der Waals surface area contributed by atoms with Gasteiger partial charge in [0.1, 0.15) is 4.08 Å². The molecule has 0 aromatic rings. The second kappa shape index (κ2) is 3.15. The molecule has 1 aliphatic heterocycles. The molecule has 0 aliphatic carbocycles. The Kier molecular flexibility index (Phi) is 2.59. The first-order valence-electron chi connectivity index (χ1n) is 3.33. The third kappa shape index (κ3) is 1.44. The average Bonchev–Trinajstić information content (AvgIpc) is 2.32. The Morgan fingerprint density at radius 3 is 2.82 bits per heavy atom. The van der Waals surface area contributed by atoms with E-state index in [-0.39, 0.29) is 0 Å². The van der Waals surface area contributed by atoms with Gasteiger partial charge in [-0.3, -0.25) is 4.21 Å². The van der Waals surface area contributed by atoms with Crippen LogP contribution in [0.25, 0.3) is 0 Å². The summed E-state index contributed by atoms with van der Waals surface area (Å²) >= 11 is 1.59. The smallest absolute Gasteiger partial charge is 0.129 e. The lowest BCUT2D eigenvalue weighted by Crippen LogP contribution is -2.31. The quantitative estimate of drug-likeness (QED) is 0.385. The summed E-state index contributed by atoms with van der Waals surface area (Å²) in [4.78, 5) is 0. The van der Waals surface area contributed by atoms with Gasteiger partial charge in [-0.05, 0) is 13.8 Å². The van der Waals surface area contributed by atoms with Gasteiger partial charge in [0.15, 0.2) is 0 Å². The van der Waals surface area contributed by atoms with Crippen molar-refractivity contribution in [2.75, 3.05) is 11.5 Å². The highest BCUT2D eigenvalue weighted by molar-refractivity contribution is 8.16. The number of nitrogens with zero attached hydrogens (tertiary/aromatic N) is 1. The summed E-state index contributed by atoms with van der Waals surface area (Å²) in [5.74, 6) is 1.59. The number of oxime groups is 1. The molecule has 0 aromatic carbocycles. The van der Waals surface area contributed by atoms with Crippen molar-refractivity contribution in [1.29, 1.82) is 0 Å². The second-order valence-corrected chi connectivity index (χ2v) is 6.22. The van der Waals surface area contributed by atoms with E-state index >= 15 is 0 Å². The molecular weight excluding hydrogens is 182 g/mol. The van der Waals surface area contributed by atoms with Crippen molar-refractivity contribution in [1.82, 2.24) is 0 Å². The van der Waals surface area contributed by atoms with Crippen LogP contribution in [0.2, 0.25) is 0 Å². The van der Waals surface area contributed by atoms with E-state index in [1.807, 2.05) is 6.92 Å². The van der Waals surface area contributed by atoms with E-state index in [0.717, 1.165) is 5.75 Å². The van der Waals surface area contributed by atoms with Gasteiger partial charge in [-0.15, -0.1) is 11.8 Å². The summed E-state index contributed by atoms with van der Waals surface area (Å²) in [5, 5.41) is 11.6. The Morgan fingerprint density at radius 2 is 2.45 bits per heavy atom. The number of hydrogen-bond donors (Lipinski definition) is 1. The zero-order chi connectivity index (χ0) is 8.48. The van der Waals surface area contributed by atoms with Crippen LogP contribution in [0.1, 0.15) is 13.8 Å². The van der Waals surface area contributed by atoms with E-state index in [1.54, 1.807) is 18.7 Å². The molecule has 0 saturated carbocycles. The SMILES string of the molecule is C/C(=N\O)[C@@]1(C)SCCS1=O. The summed E-state index contributed by atoms with van der Waals surface area (Å²) in [6.07, 6.45) is 0. The summed E-state index contributed by atoms with van der Waals surface area (Å²) in [6, 6.07) is 0. The van der Waals surface area contributed by atoms with E-state index in [4.69, 9.17) is 5.21 Å². The van der Waals surface area contributed by atoms with E-state index < -0.39 is 14.9 Å². The third-order valence-electron chi connectivity index (χ3n) is 1.89. The van der Waals surface area contributed by atoms with Gasteiger partial charge in [-0.2, -0.15) is 0 Å². The van der Waals surface area contributed by atoms with Gasteiger partial charge in [-0.25, -0.2) is 0 Å². The lowest BCUT2D eigenvalue weighted by molar-refractivity contribution is 0.317. The molecule has 1 unspecified atom stereocenters. The lowest BCUT2D eigenvalue weighted by atomic mass is 10.3. The van der Waals surface area contributed by atoms with Crippen molar-refractivity contribution in [3.8, 4) is 0 Å². The fraction of sp³-hybridized carbons (Fsp3) is 0.833. The van der Waals surface area contributed by atoms with E-state index in [9.17, 15) is 4.21 Å². The van der Waals surface area contributed by atoms with Crippen LogP contribution in [-0.2, 0) is 10.8 Å². The zero-order valence-corrected chi connectivity index (χ0v) is 8.17. The minimum atomic E-state index is -0.884. The summed E-state index contributed by atoms with van der Waals surface area (Å²) in [5.41, 5.74) is 0.554. The minimum absolute atomic E-state index is 0.450. The molecule has 11 heavy (non-hydrogen) atoms. The highest BCUT2D eigenvalue weighted by Gasteiger charge is 2.40. The van der Waals surface area contributed by atoms with Gasteiger partial charge >= 0.3 is 0 Å². The van der Waals surface area contributed by atoms with Crippen molar-refractivity contribution >= 4 is 28.3 Å². The highest BCUT2D eigenvalue weighted by Crippen LogP contribution is 2.36. The highest BCUT2D eigenvalue weighted by atomic mass is 32.2. The first-order chi connectivity index (χ1) is 5.11. The average molecular weight is 193 g/mol. The Morgan fingerprint density at radius 1 is 1.82 bits per heavy atom. The molecule has 2 atom stereocenters. The van der Waals surface area contributed by atoms with Crippen LogP contribution in [-0.4, -0.2) is 30.7 Å². The van der Waals surface area contributed by atoms with E-state index in [0.29, 0.717) is 11.5 Å². The fourth-order valence-corrected chi connectivity index (χ4v) is 4.30. The van der Waals surface area contributed by atoms with Crippen molar-refractivity contribution < 1.29 is 9.42 Å². The number of hydrogen-bond acceptors (Lipinski definition) is 4. The maximum Gasteiger partial charge on any atom is 0.129 e. The molecule has 3 nitrogen and oxygen atoms in total. The largest absolute Gasteiger partial charge is 0.411 e. The second-order valence-electron chi connectivity index (χ2n) is 2.53. The molecule has 0 bridgehead atoms. The Hall–Kier alpha value is -0.0300. The van der Waals surface area contributed by atoms with Gasteiger partial charge < -0.3 is 5.21 Å². The zero-order valence-electron chi connectivity index (χ0n) is 6.53. The van der Waals surface area contributed by atoms with E-state index in [2.05, 4.69) is 5.16 Å². The van der Waals surface area contributed by atoms with Gasteiger partial charge in [0.05, 0.1) is 5.71 Å². The maximum absolute atomic E-state index is 11.4. The van der Waals surface area contributed by atoms with Crippen molar-refractivity contribution in [2.24, 2.45) is 5.16 Å². The molecule has 1 N–H and O–H groups in total. The molecule has 1 aliphatic rings. The van der Waals surface area contributed by atoms with Gasteiger partial charge in [-0.1, -0.05) is 5.16 Å². The van der Waals surface area contributed by atoms with Crippen molar-refractivity contribution in [2.45, 2.75) is 17.9 Å². The molecule has 0 aromatic heterocycles. The maximum atomic E-state index is 11.4. The normalized spacial score (nSPS) is 39.5. The molecule has 1 rings (SSSR count). The van der Waals surface area contributed by atoms with Gasteiger partial charge in [0, 0.05) is 22.3 Å². The molecule has 0 amide bonds. The van der Waals surface area contributed by atoms with Crippen LogP contribution in [0.5, 0.6) is 0 Å². The van der Waals surface area contributed by atoms with Gasteiger partial charge in [0.25, 0.3) is 0 Å². The standard InChI is InChI=1S/C6H11NO2S2/c1-5(7-8)6(2)10-3-4-11(6)9/h8H,3-4H2,1-2H3/b7-5+/t6-,11?/m0/s1. The first-order valence-corrected chi connectivity index (χ1v) is 5.63. The van der Waals surface area contributed by atoms with Crippen LogP contribution >= 0.6 is 11.8 Å². The molecular formula is C6H11NO2S2. The van der Waals surface area contributed by atoms with Crippen LogP contribution in [0.15, 0.2) is 5.16 Å². The molecule has 0 spiro atoms. The Balaban J connectivity index is 2.89. The topological polar surface area (TPSA) is 49.7 Å². The van der Waals surface area contributed by atoms with Crippen LogP contribution in [0.3, 0.4) is 0 Å². The predicted octanol–water partition coefficient (Wildman–Crippen LogP) is 1.05. The van der Waals surface area contributed by atoms with Crippen LogP contribution in [0, 0.1) is 0 Å². The molecule has 1 fully saturated rings. The Labute approximate surface area is 72.7 Å². The fourth-order valence-electron chi connectivity index (χ4n) is 0.933. The number of thioether (sulfide) groups is 1. The monoisotopic (exact) mass is 193 g/mol. The minimum Gasteiger partial charge on any atom is -0.411 e. The Bertz CT molecular complexity index is 217. The first kappa shape index (κ1) is 9.06. The molecule has 1 saturated heterocycles. The lowest BCUT2D eigenvalue weighted by Gasteiger charge is -2.19. The van der Waals surface area contributed by atoms with E-state index in [1.165, 1.54) is 0 Å². The van der Waals surface area contributed by atoms with Gasteiger partial charge in [0.2, 0.25) is 0 Å².